The molecule has 0 radical (unpaired) electrons. The number of nitrogens with two attached hydrogens (primary N) is 1. The van der Waals surface area contributed by atoms with Gasteiger partial charge < -0.3 is 5.73 Å². The van der Waals surface area contributed by atoms with Gasteiger partial charge in [-0.25, -0.2) is 0 Å². The molecule has 110 valence electrons. The average Bonchev–Trinajstić information content (AvgIpc) is 2.58. The van der Waals surface area contributed by atoms with Gasteiger partial charge in [-0.3, -0.25) is 10.4 Å². The third kappa shape index (κ3) is 2.91. The maximum atomic E-state index is 6.13. The van der Waals surface area contributed by atoms with E-state index in [2.05, 4.69) is 20.8 Å². The second-order valence-corrected chi connectivity index (χ2v) is 4.83. The van der Waals surface area contributed by atoms with Gasteiger partial charge in [-0.1, -0.05) is 48.0 Å². The lowest BCUT2D eigenvalue weighted by atomic mass is 10.2. The maximum Gasteiger partial charge on any atom is 0.192 e. The molecule has 0 spiro atoms. The molecular formula is C15H13ClN6. The Morgan fingerprint density at radius 2 is 1.41 bits per heavy atom. The van der Waals surface area contributed by atoms with Crippen LogP contribution in [0.3, 0.4) is 0 Å². The molecule has 0 aliphatic heterocycles. The van der Waals surface area contributed by atoms with E-state index in [1.165, 1.54) is 0 Å². The highest BCUT2D eigenvalue weighted by molar-refractivity contribution is 6.35. The number of benzene rings is 2. The number of hydrogen-bond acceptors (Lipinski definition) is 6. The summed E-state index contributed by atoms with van der Waals surface area (Å²) in [7, 11) is 0. The van der Waals surface area contributed by atoms with E-state index in [1.54, 1.807) is 0 Å². The van der Waals surface area contributed by atoms with Crippen molar-refractivity contribution in [2.45, 2.75) is 0 Å². The normalized spacial score (nSPS) is 10.2. The fourth-order valence-electron chi connectivity index (χ4n) is 1.93. The molecule has 0 atom stereocenters. The molecule has 0 saturated carbocycles. The fraction of sp³-hybridized carbons (Fsp3) is 0. The van der Waals surface area contributed by atoms with Crippen molar-refractivity contribution < 1.29 is 0 Å². The van der Waals surface area contributed by atoms with Crippen molar-refractivity contribution in [1.82, 2.24) is 15.4 Å². The first-order chi connectivity index (χ1) is 10.8. The SMILES string of the molecule is Nc1nnnc(NN(c2ccccc2)c2ccccc2)c1Cl. The zero-order valence-electron chi connectivity index (χ0n) is 11.5. The van der Waals surface area contributed by atoms with Gasteiger partial charge in [0.05, 0.1) is 11.4 Å². The number of hydrazine groups is 1. The van der Waals surface area contributed by atoms with E-state index in [4.69, 9.17) is 17.3 Å². The van der Waals surface area contributed by atoms with Crippen molar-refractivity contribution in [3.8, 4) is 0 Å². The van der Waals surface area contributed by atoms with Gasteiger partial charge in [0.15, 0.2) is 11.6 Å². The lowest BCUT2D eigenvalue weighted by molar-refractivity contribution is 0.870. The lowest BCUT2D eigenvalue weighted by Gasteiger charge is -2.26. The van der Waals surface area contributed by atoms with Crippen LogP contribution in [-0.4, -0.2) is 15.4 Å². The number of para-hydroxylation sites is 2. The van der Waals surface area contributed by atoms with E-state index in [-0.39, 0.29) is 10.8 Å². The Morgan fingerprint density at radius 3 is 1.95 bits per heavy atom. The molecule has 7 heteroatoms. The minimum atomic E-state index is 0.125. The Hall–Kier alpha value is -2.86. The zero-order valence-corrected chi connectivity index (χ0v) is 12.3. The second kappa shape index (κ2) is 6.28. The van der Waals surface area contributed by atoms with E-state index in [9.17, 15) is 0 Å². The van der Waals surface area contributed by atoms with Gasteiger partial charge in [0, 0.05) is 0 Å². The number of rotatable bonds is 4. The standard InChI is InChI=1S/C15H13ClN6/c16-13-14(17)18-21-19-15(13)20-22(11-7-3-1-4-8-11)12-9-5-2-6-10-12/h1-10H,(H3,17,18,19,20). The molecule has 0 fully saturated rings. The van der Waals surface area contributed by atoms with Crippen LogP contribution < -0.4 is 16.2 Å². The molecule has 2 aromatic carbocycles. The van der Waals surface area contributed by atoms with E-state index in [0.717, 1.165) is 11.4 Å². The Morgan fingerprint density at radius 1 is 0.864 bits per heavy atom. The average molecular weight is 313 g/mol. The minimum absolute atomic E-state index is 0.125. The molecule has 0 unspecified atom stereocenters. The van der Waals surface area contributed by atoms with Gasteiger partial charge in [0.25, 0.3) is 0 Å². The Kier molecular flexibility index (Phi) is 4.02. The van der Waals surface area contributed by atoms with Crippen LogP contribution in [0.15, 0.2) is 60.7 Å². The highest BCUT2D eigenvalue weighted by atomic mass is 35.5. The summed E-state index contributed by atoms with van der Waals surface area (Å²) in [6.45, 7) is 0. The topological polar surface area (TPSA) is 80.0 Å². The Labute approximate surface area is 132 Å². The van der Waals surface area contributed by atoms with Crippen LogP contribution in [0, 0.1) is 0 Å². The summed E-state index contributed by atoms with van der Waals surface area (Å²) < 4.78 is 0. The van der Waals surface area contributed by atoms with Crippen molar-refractivity contribution in [3.63, 3.8) is 0 Å². The molecule has 3 rings (SSSR count). The molecular weight excluding hydrogens is 300 g/mol. The quantitative estimate of drug-likeness (QED) is 0.720. The van der Waals surface area contributed by atoms with Gasteiger partial charge in [-0.2, -0.15) is 0 Å². The molecule has 1 aromatic heterocycles. The molecule has 6 nitrogen and oxygen atoms in total. The monoisotopic (exact) mass is 312 g/mol. The number of aromatic nitrogens is 3. The predicted molar refractivity (Wildman–Crippen MR) is 87.9 cm³/mol. The van der Waals surface area contributed by atoms with Gasteiger partial charge in [0.2, 0.25) is 0 Å². The number of anilines is 4. The molecule has 3 N–H and O–H groups in total. The molecule has 3 aromatic rings. The number of nitrogens with one attached hydrogen (secondary N) is 1. The summed E-state index contributed by atoms with van der Waals surface area (Å²) in [6, 6.07) is 19.5. The molecule has 0 bridgehead atoms. The predicted octanol–water partition coefficient (Wildman–Crippen LogP) is 3.27. The molecule has 0 aliphatic carbocycles. The summed E-state index contributed by atoms with van der Waals surface area (Å²) >= 11 is 6.13. The Balaban J connectivity index is 2.01. The molecule has 0 saturated heterocycles. The molecule has 0 aliphatic rings. The van der Waals surface area contributed by atoms with Crippen molar-refractivity contribution >= 4 is 34.6 Å². The zero-order chi connectivity index (χ0) is 15.4. The van der Waals surface area contributed by atoms with Gasteiger partial charge in [-0.15, -0.1) is 10.2 Å². The minimum Gasteiger partial charge on any atom is -0.381 e. The summed E-state index contributed by atoms with van der Waals surface area (Å²) in [4.78, 5) is 0. The summed E-state index contributed by atoms with van der Waals surface area (Å²) in [5.41, 5.74) is 10.6. The molecule has 22 heavy (non-hydrogen) atoms. The number of hydrogen-bond donors (Lipinski definition) is 2. The van der Waals surface area contributed by atoms with Gasteiger partial charge in [-0.05, 0) is 29.5 Å². The van der Waals surface area contributed by atoms with Crippen LogP contribution >= 0.6 is 11.6 Å². The Bertz CT molecular complexity index is 711. The van der Waals surface area contributed by atoms with Gasteiger partial charge >= 0.3 is 0 Å². The second-order valence-electron chi connectivity index (χ2n) is 4.46. The summed E-state index contributed by atoms with van der Waals surface area (Å²) in [6.07, 6.45) is 0. The highest BCUT2D eigenvalue weighted by Crippen LogP contribution is 2.29. The number of halogens is 1. The largest absolute Gasteiger partial charge is 0.381 e. The fourth-order valence-corrected chi connectivity index (χ4v) is 2.05. The van der Waals surface area contributed by atoms with E-state index in [0.29, 0.717) is 5.82 Å². The van der Waals surface area contributed by atoms with Crippen molar-refractivity contribution in [1.29, 1.82) is 0 Å². The van der Waals surface area contributed by atoms with Crippen LogP contribution in [0.1, 0.15) is 0 Å². The van der Waals surface area contributed by atoms with Crippen LogP contribution in [0.5, 0.6) is 0 Å². The summed E-state index contributed by atoms with van der Waals surface area (Å²) in [5, 5.41) is 13.2. The van der Waals surface area contributed by atoms with Crippen molar-refractivity contribution in [2.24, 2.45) is 0 Å². The maximum absolute atomic E-state index is 6.13. The highest BCUT2D eigenvalue weighted by Gasteiger charge is 2.14. The van der Waals surface area contributed by atoms with Crippen LogP contribution in [-0.2, 0) is 0 Å². The van der Waals surface area contributed by atoms with Crippen LogP contribution in [0.4, 0.5) is 23.0 Å². The molecule has 0 amide bonds. The van der Waals surface area contributed by atoms with E-state index < -0.39 is 0 Å². The molecule has 1 heterocycles. The van der Waals surface area contributed by atoms with Crippen molar-refractivity contribution in [3.05, 3.63) is 65.7 Å². The van der Waals surface area contributed by atoms with Crippen molar-refractivity contribution in [2.75, 3.05) is 16.2 Å². The van der Waals surface area contributed by atoms with E-state index in [1.807, 2.05) is 65.7 Å². The smallest absolute Gasteiger partial charge is 0.192 e. The first-order valence-corrected chi connectivity index (χ1v) is 6.95. The lowest BCUT2D eigenvalue weighted by Crippen LogP contribution is -2.25. The number of nitrogen functional groups attached to an aromatic ring is 1. The third-order valence-electron chi connectivity index (χ3n) is 2.98. The van der Waals surface area contributed by atoms with E-state index >= 15 is 0 Å². The van der Waals surface area contributed by atoms with Gasteiger partial charge in [0.1, 0.15) is 5.02 Å². The third-order valence-corrected chi connectivity index (χ3v) is 3.35. The first-order valence-electron chi connectivity index (χ1n) is 6.57. The summed E-state index contributed by atoms with van der Waals surface area (Å²) in [5.74, 6) is 0.460. The van der Waals surface area contributed by atoms with Crippen LogP contribution in [0.25, 0.3) is 0 Å². The van der Waals surface area contributed by atoms with Crippen LogP contribution in [0.2, 0.25) is 5.02 Å². The number of nitrogens with zero attached hydrogens (tertiary/aromatic N) is 4. The first kappa shape index (κ1) is 14.1.